The van der Waals surface area contributed by atoms with Gasteiger partial charge in [-0.25, -0.2) is 0 Å². The summed E-state index contributed by atoms with van der Waals surface area (Å²) in [5.41, 5.74) is 0.296. The van der Waals surface area contributed by atoms with Crippen molar-refractivity contribution in [1.82, 2.24) is 15.0 Å². The van der Waals surface area contributed by atoms with Crippen molar-refractivity contribution >= 4 is 5.91 Å². The number of benzene rings is 2. The van der Waals surface area contributed by atoms with Crippen LogP contribution >= 0.6 is 0 Å². The minimum Gasteiger partial charge on any atom is -0.496 e. The van der Waals surface area contributed by atoms with Gasteiger partial charge in [-0.1, -0.05) is 35.5 Å². The van der Waals surface area contributed by atoms with Gasteiger partial charge in [-0.2, -0.15) is 18.2 Å². The van der Waals surface area contributed by atoms with Crippen LogP contribution in [0.15, 0.2) is 53.1 Å². The van der Waals surface area contributed by atoms with Crippen LogP contribution in [0, 0.1) is 0 Å². The predicted octanol–water partition coefficient (Wildman–Crippen LogP) is 4.28. The third-order valence-corrected chi connectivity index (χ3v) is 5.01. The quantitative estimate of drug-likeness (QED) is 0.620. The molecule has 1 aromatic heterocycles. The molecule has 30 heavy (non-hydrogen) atoms. The maximum atomic E-state index is 12.9. The van der Waals surface area contributed by atoms with E-state index in [-0.39, 0.29) is 35.5 Å². The Hall–Kier alpha value is -3.36. The van der Waals surface area contributed by atoms with Crippen molar-refractivity contribution in [3.63, 3.8) is 0 Å². The molecule has 1 aliphatic rings. The van der Waals surface area contributed by atoms with Crippen molar-refractivity contribution in [3.05, 3.63) is 65.5 Å². The summed E-state index contributed by atoms with van der Waals surface area (Å²) in [6, 6.07) is 12.2. The molecular formula is C21H18F3N3O3. The number of nitrogens with zero attached hydrogens (tertiary/aromatic N) is 3. The zero-order valence-electron chi connectivity index (χ0n) is 16.0. The first-order chi connectivity index (χ1) is 14.3. The van der Waals surface area contributed by atoms with Crippen molar-refractivity contribution in [2.45, 2.75) is 25.1 Å². The molecule has 0 aliphatic carbocycles. The molecule has 3 aromatic rings. The number of likely N-dealkylation sites (tertiary alicyclic amines) is 1. The molecule has 9 heteroatoms. The molecule has 2 heterocycles. The molecule has 2 aromatic carbocycles. The first-order valence-corrected chi connectivity index (χ1v) is 9.26. The average Bonchev–Trinajstić information content (AvgIpc) is 3.35. The van der Waals surface area contributed by atoms with Crippen molar-refractivity contribution in [3.8, 4) is 17.1 Å². The number of ether oxygens (including phenoxy) is 1. The summed E-state index contributed by atoms with van der Waals surface area (Å²) >= 11 is 0. The molecule has 1 unspecified atom stereocenters. The van der Waals surface area contributed by atoms with E-state index in [1.165, 1.54) is 12.1 Å². The summed E-state index contributed by atoms with van der Waals surface area (Å²) in [5, 5.41) is 3.81. The number of carbonyl (C=O) groups excluding carboxylic acids is 1. The van der Waals surface area contributed by atoms with Gasteiger partial charge in [-0.05, 0) is 18.2 Å². The van der Waals surface area contributed by atoms with Gasteiger partial charge in [-0.3, -0.25) is 4.79 Å². The lowest BCUT2D eigenvalue weighted by atomic mass is 10.1. The zero-order valence-corrected chi connectivity index (χ0v) is 16.0. The number of hydrogen-bond donors (Lipinski definition) is 0. The first-order valence-electron chi connectivity index (χ1n) is 9.26. The van der Waals surface area contributed by atoms with Crippen LogP contribution in [0.4, 0.5) is 13.2 Å². The Morgan fingerprint density at radius 1 is 1.20 bits per heavy atom. The Balaban J connectivity index is 1.50. The van der Waals surface area contributed by atoms with Crippen LogP contribution < -0.4 is 4.74 Å². The van der Waals surface area contributed by atoms with Gasteiger partial charge in [0.2, 0.25) is 17.6 Å². The fourth-order valence-electron chi connectivity index (χ4n) is 3.48. The van der Waals surface area contributed by atoms with Gasteiger partial charge in [0.1, 0.15) is 5.75 Å². The summed E-state index contributed by atoms with van der Waals surface area (Å²) in [6.45, 7) is 0.759. The lowest BCUT2D eigenvalue weighted by molar-refractivity contribution is -0.137. The van der Waals surface area contributed by atoms with E-state index in [0.717, 1.165) is 17.7 Å². The minimum absolute atomic E-state index is 0.0618. The molecule has 1 aliphatic heterocycles. The van der Waals surface area contributed by atoms with Crippen molar-refractivity contribution in [1.29, 1.82) is 0 Å². The van der Waals surface area contributed by atoms with Gasteiger partial charge in [0.15, 0.2) is 0 Å². The van der Waals surface area contributed by atoms with Gasteiger partial charge in [0.25, 0.3) is 0 Å². The molecule has 0 N–H and O–H groups in total. The van der Waals surface area contributed by atoms with Crippen LogP contribution in [0.1, 0.15) is 29.4 Å². The summed E-state index contributed by atoms with van der Waals surface area (Å²) < 4.78 is 49.4. The largest absolute Gasteiger partial charge is 0.496 e. The number of aromatic nitrogens is 2. The SMILES string of the molecule is COc1ccccc1CN1CC(c2nc(-c3cccc(C(F)(F)F)c3)no2)CC1=O. The molecule has 1 fully saturated rings. The Bertz CT molecular complexity index is 1060. The topological polar surface area (TPSA) is 68.5 Å². The third kappa shape index (κ3) is 4.00. The maximum absolute atomic E-state index is 12.9. The smallest absolute Gasteiger partial charge is 0.416 e. The highest BCUT2D eigenvalue weighted by Crippen LogP contribution is 2.33. The highest BCUT2D eigenvalue weighted by molar-refractivity contribution is 5.79. The Morgan fingerprint density at radius 3 is 2.77 bits per heavy atom. The number of carbonyl (C=O) groups is 1. The summed E-state index contributed by atoms with van der Waals surface area (Å²) in [4.78, 5) is 18.4. The molecule has 0 radical (unpaired) electrons. The number of methoxy groups -OCH3 is 1. The second-order valence-electron chi connectivity index (χ2n) is 7.02. The molecule has 0 spiro atoms. The lowest BCUT2D eigenvalue weighted by Crippen LogP contribution is -2.24. The predicted molar refractivity (Wildman–Crippen MR) is 101 cm³/mol. The average molecular weight is 417 g/mol. The number of hydrogen-bond acceptors (Lipinski definition) is 5. The number of alkyl halides is 3. The maximum Gasteiger partial charge on any atom is 0.416 e. The second-order valence-corrected chi connectivity index (χ2v) is 7.02. The van der Waals surface area contributed by atoms with Gasteiger partial charge < -0.3 is 14.2 Å². The summed E-state index contributed by atoms with van der Waals surface area (Å²) in [5.74, 6) is 0.604. The van der Waals surface area contributed by atoms with E-state index in [1.807, 2.05) is 24.3 Å². The fourth-order valence-corrected chi connectivity index (χ4v) is 3.48. The molecule has 1 amide bonds. The van der Waals surface area contributed by atoms with Crippen molar-refractivity contribution in [2.75, 3.05) is 13.7 Å². The second kappa shape index (κ2) is 7.81. The molecule has 0 saturated carbocycles. The number of amides is 1. The molecule has 4 rings (SSSR count). The lowest BCUT2D eigenvalue weighted by Gasteiger charge is -2.17. The standard InChI is InChI=1S/C21H18F3N3O3/c1-29-17-8-3-2-5-14(17)11-27-12-15(10-18(27)28)20-25-19(26-30-20)13-6-4-7-16(9-13)21(22,23)24/h2-9,15H,10-12H2,1H3. The fraction of sp³-hybridized carbons (Fsp3) is 0.286. The minimum atomic E-state index is -4.46. The van der Waals surface area contributed by atoms with Crippen molar-refractivity contribution < 1.29 is 27.2 Å². The van der Waals surface area contributed by atoms with E-state index >= 15 is 0 Å². The van der Waals surface area contributed by atoms with Crippen LogP contribution in [-0.4, -0.2) is 34.6 Å². The molecule has 1 atom stereocenters. The van der Waals surface area contributed by atoms with E-state index in [2.05, 4.69) is 10.1 Å². The normalized spacial score (nSPS) is 16.9. The Morgan fingerprint density at radius 2 is 2.00 bits per heavy atom. The number of halogens is 3. The van der Waals surface area contributed by atoms with Crippen molar-refractivity contribution in [2.24, 2.45) is 0 Å². The Kier molecular flexibility index (Phi) is 5.19. The van der Waals surface area contributed by atoms with Crippen LogP contribution in [0.2, 0.25) is 0 Å². The molecule has 156 valence electrons. The van der Waals surface area contributed by atoms with Crippen LogP contribution in [0.25, 0.3) is 11.4 Å². The van der Waals surface area contributed by atoms with Gasteiger partial charge in [0, 0.05) is 30.6 Å². The van der Waals surface area contributed by atoms with Crippen LogP contribution in [0.3, 0.4) is 0 Å². The van der Waals surface area contributed by atoms with Crippen LogP contribution in [-0.2, 0) is 17.5 Å². The summed E-state index contributed by atoms with van der Waals surface area (Å²) in [6.07, 6.45) is -4.27. The molecular weight excluding hydrogens is 399 g/mol. The van der Waals surface area contributed by atoms with E-state index in [1.54, 1.807) is 12.0 Å². The van der Waals surface area contributed by atoms with E-state index < -0.39 is 11.7 Å². The van der Waals surface area contributed by atoms with E-state index in [9.17, 15) is 18.0 Å². The monoisotopic (exact) mass is 417 g/mol. The third-order valence-electron chi connectivity index (χ3n) is 5.01. The highest BCUT2D eigenvalue weighted by Gasteiger charge is 2.35. The summed E-state index contributed by atoms with van der Waals surface area (Å²) in [7, 11) is 1.57. The molecule has 6 nitrogen and oxygen atoms in total. The van der Waals surface area contributed by atoms with E-state index in [0.29, 0.717) is 18.8 Å². The Labute approximate surface area is 170 Å². The molecule has 1 saturated heterocycles. The van der Waals surface area contributed by atoms with E-state index in [4.69, 9.17) is 9.26 Å². The van der Waals surface area contributed by atoms with Gasteiger partial charge >= 0.3 is 6.18 Å². The first kappa shape index (κ1) is 19.9. The van der Waals surface area contributed by atoms with Gasteiger partial charge in [-0.15, -0.1) is 0 Å². The van der Waals surface area contributed by atoms with Gasteiger partial charge in [0.05, 0.1) is 18.6 Å². The zero-order chi connectivity index (χ0) is 21.3. The highest BCUT2D eigenvalue weighted by atomic mass is 19.4. The van der Waals surface area contributed by atoms with Crippen LogP contribution in [0.5, 0.6) is 5.75 Å². The molecule has 0 bridgehead atoms. The number of para-hydroxylation sites is 1. The number of rotatable bonds is 5.